The smallest absolute Gasteiger partial charge is 0.225 e. The number of hydrogen-bond donors (Lipinski definition) is 1. The molecule has 0 unspecified atom stereocenters. The summed E-state index contributed by atoms with van der Waals surface area (Å²) in [5, 5.41) is 3.18. The summed E-state index contributed by atoms with van der Waals surface area (Å²) in [7, 11) is 0. The van der Waals surface area contributed by atoms with Gasteiger partial charge in [-0.1, -0.05) is 36.4 Å². The summed E-state index contributed by atoms with van der Waals surface area (Å²) in [6.07, 6.45) is 4.31. The van der Waals surface area contributed by atoms with E-state index in [0.29, 0.717) is 6.54 Å². The highest BCUT2D eigenvalue weighted by atomic mass is 16.1. The lowest BCUT2D eigenvalue weighted by atomic mass is 9.83. The molecule has 2 aliphatic heterocycles. The number of nitrogens with one attached hydrogen (secondary N) is 1. The summed E-state index contributed by atoms with van der Waals surface area (Å²) in [6, 6.07) is 23.1. The van der Waals surface area contributed by atoms with Crippen LogP contribution in [0.25, 0.3) is 0 Å². The number of aromatic nitrogens is 1. The largest absolute Gasteiger partial charge is 0.368 e. The number of nitrogens with zero attached hydrogens (tertiary/aromatic N) is 3. The number of carbonyl (C=O) groups is 1. The summed E-state index contributed by atoms with van der Waals surface area (Å²) in [5.74, 6) is 0.0551. The minimum atomic E-state index is -0.0757. The van der Waals surface area contributed by atoms with E-state index >= 15 is 0 Å². The lowest BCUT2D eigenvalue weighted by Crippen LogP contribution is -2.61. The molecule has 1 aromatic heterocycles. The number of carbonyl (C=O) groups excluding carboxylic acids is 1. The van der Waals surface area contributed by atoms with Gasteiger partial charge in [-0.2, -0.15) is 0 Å². The summed E-state index contributed by atoms with van der Waals surface area (Å²) < 4.78 is 0. The third-order valence-corrected chi connectivity index (χ3v) is 6.30. The van der Waals surface area contributed by atoms with Gasteiger partial charge in [-0.15, -0.1) is 0 Å². The van der Waals surface area contributed by atoms with E-state index in [1.165, 1.54) is 16.9 Å². The fourth-order valence-corrected chi connectivity index (χ4v) is 4.75. The number of amides is 1. The molecule has 1 fully saturated rings. The molecular formula is C25H26N4O. The van der Waals surface area contributed by atoms with Gasteiger partial charge in [0.2, 0.25) is 5.91 Å². The average Bonchev–Trinajstić information content (AvgIpc) is 2.83. The quantitative estimate of drug-likeness (QED) is 0.733. The molecule has 0 bridgehead atoms. The fourth-order valence-electron chi connectivity index (χ4n) is 4.75. The highest BCUT2D eigenvalue weighted by molar-refractivity contribution is 5.82. The number of benzene rings is 2. The Kier molecular flexibility index (Phi) is 5.10. The van der Waals surface area contributed by atoms with Crippen molar-refractivity contribution in [3.63, 3.8) is 0 Å². The van der Waals surface area contributed by atoms with Crippen molar-refractivity contribution >= 4 is 17.3 Å². The third kappa shape index (κ3) is 3.63. The molecule has 5 nitrogen and oxygen atoms in total. The maximum absolute atomic E-state index is 13.3. The first kappa shape index (κ1) is 18.7. The standard InChI is InChI=1S/C25H26N4O/c30-25(27-17-19-10-12-26-13-11-19)22-16-20-6-4-5-9-23(20)29-15-14-28(18-24(22)29)21-7-2-1-3-8-21/h1-13,22,24H,14-18H2,(H,27,30)/t22-,24-/m1/s1. The van der Waals surface area contributed by atoms with Crippen molar-refractivity contribution < 1.29 is 4.79 Å². The Morgan fingerprint density at radius 3 is 2.57 bits per heavy atom. The first-order valence-corrected chi connectivity index (χ1v) is 10.6. The van der Waals surface area contributed by atoms with Gasteiger partial charge in [-0.25, -0.2) is 0 Å². The van der Waals surface area contributed by atoms with E-state index in [2.05, 4.69) is 68.6 Å². The minimum absolute atomic E-state index is 0.0757. The van der Waals surface area contributed by atoms with Crippen LogP contribution in [0.15, 0.2) is 79.1 Å². The van der Waals surface area contributed by atoms with Gasteiger partial charge >= 0.3 is 0 Å². The van der Waals surface area contributed by atoms with Crippen LogP contribution in [-0.2, 0) is 17.8 Å². The number of rotatable bonds is 4. The van der Waals surface area contributed by atoms with Crippen molar-refractivity contribution in [1.82, 2.24) is 10.3 Å². The van der Waals surface area contributed by atoms with Crippen LogP contribution in [0.4, 0.5) is 11.4 Å². The van der Waals surface area contributed by atoms with Crippen molar-refractivity contribution in [2.75, 3.05) is 29.4 Å². The van der Waals surface area contributed by atoms with Crippen LogP contribution in [0, 0.1) is 5.92 Å². The SMILES string of the molecule is O=C(NCc1ccncc1)[C@@H]1Cc2ccccc2N2CCN(c3ccccc3)C[C@H]12. The molecule has 5 rings (SSSR count). The second-order valence-corrected chi connectivity index (χ2v) is 8.05. The summed E-state index contributed by atoms with van der Waals surface area (Å²) in [4.78, 5) is 22.2. The molecule has 1 saturated heterocycles. The van der Waals surface area contributed by atoms with Crippen molar-refractivity contribution in [1.29, 1.82) is 0 Å². The molecule has 0 aliphatic carbocycles. The van der Waals surface area contributed by atoms with Gasteiger partial charge in [-0.3, -0.25) is 9.78 Å². The Morgan fingerprint density at radius 1 is 0.967 bits per heavy atom. The van der Waals surface area contributed by atoms with Gasteiger partial charge in [0, 0.05) is 49.9 Å². The first-order valence-electron chi connectivity index (χ1n) is 10.6. The van der Waals surface area contributed by atoms with Crippen LogP contribution in [-0.4, -0.2) is 36.6 Å². The molecule has 3 aromatic rings. The van der Waals surface area contributed by atoms with Gasteiger partial charge in [0.15, 0.2) is 0 Å². The van der Waals surface area contributed by atoms with E-state index in [4.69, 9.17) is 0 Å². The van der Waals surface area contributed by atoms with E-state index in [9.17, 15) is 4.79 Å². The van der Waals surface area contributed by atoms with Crippen LogP contribution in [0.1, 0.15) is 11.1 Å². The van der Waals surface area contributed by atoms with Gasteiger partial charge in [-0.05, 0) is 47.9 Å². The molecule has 1 N–H and O–H groups in total. The summed E-state index contributed by atoms with van der Waals surface area (Å²) in [5.41, 5.74) is 4.85. The van der Waals surface area contributed by atoms with E-state index in [-0.39, 0.29) is 17.9 Å². The zero-order valence-electron chi connectivity index (χ0n) is 16.9. The lowest BCUT2D eigenvalue weighted by molar-refractivity contribution is -0.126. The van der Waals surface area contributed by atoms with Gasteiger partial charge < -0.3 is 15.1 Å². The Bertz CT molecular complexity index is 1010. The molecule has 0 radical (unpaired) electrons. The molecule has 5 heteroatoms. The highest BCUT2D eigenvalue weighted by Gasteiger charge is 2.41. The number of piperazine rings is 1. The van der Waals surface area contributed by atoms with Crippen molar-refractivity contribution in [2.45, 2.75) is 19.0 Å². The Labute approximate surface area is 177 Å². The van der Waals surface area contributed by atoms with Gasteiger partial charge in [0.25, 0.3) is 0 Å². The zero-order chi connectivity index (χ0) is 20.3. The molecule has 0 saturated carbocycles. The Hall–Kier alpha value is -3.34. The predicted molar refractivity (Wildman–Crippen MR) is 120 cm³/mol. The van der Waals surface area contributed by atoms with Gasteiger partial charge in [0.1, 0.15) is 0 Å². The molecule has 2 aliphatic rings. The predicted octanol–water partition coefficient (Wildman–Crippen LogP) is 3.27. The van der Waals surface area contributed by atoms with E-state index in [1.54, 1.807) is 12.4 Å². The first-order chi connectivity index (χ1) is 14.8. The molecular weight excluding hydrogens is 372 g/mol. The lowest BCUT2D eigenvalue weighted by Gasteiger charge is -2.49. The molecule has 3 heterocycles. The second-order valence-electron chi connectivity index (χ2n) is 8.05. The van der Waals surface area contributed by atoms with Crippen LogP contribution < -0.4 is 15.1 Å². The normalized spacial score (nSPS) is 20.3. The third-order valence-electron chi connectivity index (χ3n) is 6.30. The van der Waals surface area contributed by atoms with E-state index in [1.807, 2.05) is 18.2 Å². The maximum Gasteiger partial charge on any atom is 0.225 e. The molecule has 152 valence electrons. The molecule has 0 spiro atoms. The van der Waals surface area contributed by atoms with Crippen LogP contribution >= 0.6 is 0 Å². The van der Waals surface area contributed by atoms with Crippen molar-refractivity contribution in [2.24, 2.45) is 5.92 Å². The minimum Gasteiger partial charge on any atom is -0.368 e. The number of hydrogen-bond acceptors (Lipinski definition) is 4. The monoisotopic (exact) mass is 398 g/mol. The van der Waals surface area contributed by atoms with Crippen LogP contribution in [0.3, 0.4) is 0 Å². The van der Waals surface area contributed by atoms with Crippen LogP contribution in [0.2, 0.25) is 0 Å². The van der Waals surface area contributed by atoms with E-state index < -0.39 is 0 Å². The second kappa shape index (κ2) is 8.19. The molecule has 30 heavy (non-hydrogen) atoms. The number of anilines is 2. The Balaban J connectivity index is 1.39. The van der Waals surface area contributed by atoms with E-state index in [0.717, 1.165) is 31.6 Å². The zero-order valence-corrected chi connectivity index (χ0v) is 16.9. The summed E-state index contributed by atoms with van der Waals surface area (Å²) in [6.45, 7) is 3.27. The van der Waals surface area contributed by atoms with Crippen LogP contribution in [0.5, 0.6) is 0 Å². The average molecular weight is 399 g/mol. The number of fused-ring (bicyclic) bond motifs is 3. The summed E-state index contributed by atoms with van der Waals surface area (Å²) >= 11 is 0. The van der Waals surface area contributed by atoms with Crippen molar-refractivity contribution in [3.05, 3.63) is 90.3 Å². The topological polar surface area (TPSA) is 48.5 Å². The molecule has 2 atom stereocenters. The highest BCUT2D eigenvalue weighted by Crippen LogP contribution is 2.36. The van der Waals surface area contributed by atoms with Crippen molar-refractivity contribution in [3.8, 4) is 0 Å². The fraction of sp³-hybridized carbons (Fsp3) is 0.280. The molecule has 2 aromatic carbocycles. The number of pyridine rings is 1. The Morgan fingerprint density at radius 2 is 1.73 bits per heavy atom. The maximum atomic E-state index is 13.3. The van der Waals surface area contributed by atoms with Gasteiger partial charge in [0.05, 0.1) is 12.0 Å². The molecule has 1 amide bonds. The number of para-hydroxylation sites is 2.